The lowest BCUT2D eigenvalue weighted by molar-refractivity contribution is 0.199. The van der Waals surface area contributed by atoms with Crippen LogP contribution in [0, 0.1) is 5.41 Å². The number of benzene rings is 1. The Morgan fingerprint density at radius 1 is 1.26 bits per heavy atom. The summed E-state index contributed by atoms with van der Waals surface area (Å²) in [6, 6.07) is 7.47. The molecule has 3 nitrogen and oxygen atoms in total. The van der Waals surface area contributed by atoms with Gasteiger partial charge in [0.15, 0.2) is 0 Å². The molecular formula is C15H25ClN2O. The first-order chi connectivity index (χ1) is 8.93. The van der Waals surface area contributed by atoms with Crippen molar-refractivity contribution in [2.24, 2.45) is 11.1 Å². The summed E-state index contributed by atoms with van der Waals surface area (Å²) < 4.78 is 5.66. The van der Waals surface area contributed by atoms with E-state index in [-0.39, 0.29) is 5.41 Å². The Morgan fingerprint density at radius 2 is 1.89 bits per heavy atom. The van der Waals surface area contributed by atoms with E-state index in [4.69, 9.17) is 22.1 Å². The molecule has 0 saturated carbocycles. The fourth-order valence-corrected chi connectivity index (χ4v) is 2.06. The van der Waals surface area contributed by atoms with Crippen molar-refractivity contribution in [3.8, 4) is 5.75 Å². The molecule has 19 heavy (non-hydrogen) atoms. The predicted octanol–water partition coefficient (Wildman–Crippen LogP) is 3.03. The lowest BCUT2D eigenvalue weighted by Crippen LogP contribution is -2.37. The van der Waals surface area contributed by atoms with Gasteiger partial charge in [0.2, 0.25) is 0 Å². The Kier molecular flexibility index (Phi) is 6.63. The average molecular weight is 285 g/mol. The van der Waals surface area contributed by atoms with E-state index < -0.39 is 0 Å². The van der Waals surface area contributed by atoms with Gasteiger partial charge in [0.05, 0.1) is 6.61 Å². The number of halogens is 1. The van der Waals surface area contributed by atoms with E-state index in [9.17, 15) is 0 Å². The van der Waals surface area contributed by atoms with E-state index in [1.54, 1.807) is 0 Å². The topological polar surface area (TPSA) is 38.5 Å². The van der Waals surface area contributed by atoms with Crippen molar-refractivity contribution < 1.29 is 4.74 Å². The van der Waals surface area contributed by atoms with E-state index in [1.165, 1.54) is 0 Å². The zero-order chi connectivity index (χ0) is 14.3. The molecule has 0 spiro atoms. The van der Waals surface area contributed by atoms with Crippen molar-refractivity contribution in [1.82, 2.24) is 4.90 Å². The summed E-state index contributed by atoms with van der Waals surface area (Å²) in [4.78, 5) is 2.30. The van der Waals surface area contributed by atoms with Crippen molar-refractivity contribution in [2.75, 3.05) is 33.3 Å². The third-order valence-corrected chi connectivity index (χ3v) is 3.27. The number of nitrogens with zero attached hydrogens (tertiary/aromatic N) is 1. The molecule has 0 aliphatic heterocycles. The molecule has 0 aliphatic carbocycles. The molecule has 0 radical (unpaired) electrons. The standard InChI is InChI=1S/C15H25ClN2O/c1-15(2,11-17)12-18(3)9-4-10-19-14-7-5-13(16)6-8-14/h5-8H,4,9-12,17H2,1-3H3. The molecule has 1 aromatic carbocycles. The highest BCUT2D eigenvalue weighted by Crippen LogP contribution is 2.16. The minimum Gasteiger partial charge on any atom is -0.494 e. The highest BCUT2D eigenvalue weighted by atomic mass is 35.5. The van der Waals surface area contributed by atoms with Gasteiger partial charge < -0.3 is 15.4 Å². The van der Waals surface area contributed by atoms with Crippen molar-refractivity contribution in [2.45, 2.75) is 20.3 Å². The van der Waals surface area contributed by atoms with Gasteiger partial charge in [-0.05, 0) is 49.7 Å². The summed E-state index contributed by atoms with van der Waals surface area (Å²) in [7, 11) is 2.12. The molecule has 0 heterocycles. The van der Waals surface area contributed by atoms with Crippen LogP contribution in [0.5, 0.6) is 5.75 Å². The minimum absolute atomic E-state index is 0.172. The van der Waals surface area contributed by atoms with Crippen LogP contribution in [-0.4, -0.2) is 38.2 Å². The van der Waals surface area contributed by atoms with Gasteiger partial charge in [-0.3, -0.25) is 0 Å². The van der Waals surface area contributed by atoms with Crippen LogP contribution in [0.4, 0.5) is 0 Å². The van der Waals surface area contributed by atoms with Gasteiger partial charge in [-0.2, -0.15) is 0 Å². The van der Waals surface area contributed by atoms with Crippen LogP contribution in [0.15, 0.2) is 24.3 Å². The second-order valence-corrected chi connectivity index (χ2v) is 6.20. The van der Waals surface area contributed by atoms with Crippen LogP contribution in [-0.2, 0) is 0 Å². The molecule has 0 fully saturated rings. The summed E-state index contributed by atoms with van der Waals surface area (Å²) in [6.45, 7) is 7.82. The van der Waals surface area contributed by atoms with Gasteiger partial charge in [-0.25, -0.2) is 0 Å². The lowest BCUT2D eigenvalue weighted by atomic mass is 9.93. The number of hydrogen-bond donors (Lipinski definition) is 1. The van der Waals surface area contributed by atoms with Crippen molar-refractivity contribution in [3.05, 3.63) is 29.3 Å². The Labute approximate surface area is 121 Å². The maximum Gasteiger partial charge on any atom is 0.119 e. The zero-order valence-electron chi connectivity index (χ0n) is 12.2. The normalized spacial score (nSPS) is 11.9. The highest BCUT2D eigenvalue weighted by molar-refractivity contribution is 6.30. The van der Waals surface area contributed by atoms with E-state index >= 15 is 0 Å². The second-order valence-electron chi connectivity index (χ2n) is 5.76. The monoisotopic (exact) mass is 284 g/mol. The Morgan fingerprint density at radius 3 is 2.47 bits per heavy atom. The van der Waals surface area contributed by atoms with Crippen LogP contribution < -0.4 is 10.5 Å². The SMILES string of the molecule is CN(CCCOc1ccc(Cl)cc1)CC(C)(C)CN. The second kappa shape index (κ2) is 7.73. The summed E-state index contributed by atoms with van der Waals surface area (Å²) in [6.07, 6.45) is 1.000. The van der Waals surface area contributed by atoms with Gasteiger partial charge in [0.25, 0.3) is 0 Å². The Hall–Kier alpha value is -0.770. The van der Waals surface area contributed by atoms with Gasteiger partial charge in [-0.1, -0.05) is 25.4 Å². The zero-order valence-corrected chi connectivity index (χ0v) is 12.9. The van der Waals surface area contributed by atoms with Crippen molar-refractivity contribution in [1.29, 1.82) is 0 Å². The van der Waals surface area contributed by atoms with E-state index in [0.717, 1.165) is 36.9 Å². The molecule has 0 aromatic heterocycles. The van der Waals surface area contributed by atoms with Crippen LogP contribution in [0.3, 0.4) is 0 Å². The molecule has 1 rings (SSSR count). The van der Waals surface area contributed by atoms with E-state index in [0.29, 0.717) is 6.54 Å². The largest absolute Gasteiger partial charge is 0.494 e. The molecule has 4 heteroatoms. The first-order valence-corrected chi connectivity index (χ1v) is 7.08. The van der Waals surface area contributed by atoms with E-state index in [2.05, 4.69) is 25.8 Å². The van der Waals surface area contributed by atoms with Crippen LogP contribution >= 0.6 is 11.6 Å². The maximum absolute atomic E-state index is 5.82. The molecule has 0 aliphatic rings. The molecule has 0 saturated heterocycles. The molecule has 1 aromatic rings. The minimum atomic E-state index is 0.172. The molecule has 108 valence electrons. The Bertz CT molecular complexity index is 365. The number of nitrogens with two attached hydrogens (primary N) is 1. The molecule has 0 amide bonds. The maximum atomic E-state index is 5.82. The first kappa shape index (κ1) is 16.3. The molecule has 0 atom stereocenters. The Balaban J connectivity index is 2.18. The third kappa shape index (κ3) is 6.81. The molecule has 2 N–H and O–H groups in total. The van der Waals surface area contributed by atoms with Gasteiger partial charge in [0.1, 0.15) is 5.75 Å². The smallest absolute Gasteiger partial charge is 0.119 e. The van der Waals surface area contributed by atoms with Gasteiger partial charge >= 0.3 is 0 Å². The molecular weight excluding hydrogens is 260 g/mol. The first-order valence-electron chi connectivity index (χ1n) is 6.70. The van der Waals surface area contributed by atoms with Crippen LogP contribution in [0.25, 0.3) is 0 Å². The van der Waals surface area contributed by atoms with Crippen molar-refractivity contribution >= 4 is 11.6 Å². The van der Waals surface area contributed by atoms with E-state index in [1.807, 2.05) is 24.3 Å². The molecule has 0 bridgehead atoms. The number of ether oxygens (including phenoxy) is 1. The number of hydrogen-bond acceptors (Lipinski definition) is 3. The van der Waals surface area contributed by atoms with Gasteiger partial charge in [0, 0.05) is 18.1 Å². The lowest BCUT2D eigenvalue weighted by Gasteiger charge is -2.28. The fourth-order valence-electron chi connectivity index (χ4n) is 1.93. The summed E-state index contributed by atoms with van der Waals surface area (Å²) >= 11 is 5.82. The average Bonchev–Trinajstić information content (AvgIpc) is 2.36. The summed E-state index contributed by atoms with van der Waals surface area (Å²) in [5.41, 5.74) is 5.91. The fraction of sp³-hybridized carbons (Fsp3) is 0.600. The van der Waals surface area contributed by atoms with Crippen LogP contribution in [0.2, 0.25) is 5.02 Å². The highest BCUT2D eigenvalue weighted by Gasteiger charge is 2.17. The number of rotatable bonds is 8. The third-order valence-electron chi connectivity index (χ3n) is 3.02. The summed E-state index contributed by atoms with van der Waals surface area (Å²) in [5.74, 6) is 0.870. The quantitative estimate of drug-likeness (QED) is 0.746. The van der Waals surface area contributed by atoms with Crippen molar-refractivity contribution in [3.63, 3.8) is 0 Å². The molecule has 0 unspecified atom stereocenters. The predicted molar refractivity (Wildman–Crippen MR) is 81.9 cm³/mol. The van der Waals surface area contributed by atoms with Gasteiger partial charge in [-0.15, -0.1) is 0 Å². The summed E-state index contributed by atoms with van der Waals surface area (Å²) in [5, 5.41) is 0.732. The van der Waals surface area contributed by atoms with Crippen LogP contribution in [0.1, 0.15) is 20.3 Å².